The average molecular weight is 475 g/mol. The predicted octanol–water partition coefficient (Wildman–Crippen LogP) is 2.24. The van der Waals surface area contributed by atoms with Crippen molar-refractivity contribution in [3.63, 3.8) is 0 Å². The Kier molecular flexibility index (Phi) is 8.20. The second kappa shape index (κ2) is 10.9. The molecule has 4 unspecified atom stereocenters. The van der Waals surface area contributed by atoms with Crippen LogP contribution >= 0.6 is 12.6 Å². The second-order valence-corrected chi connectivity index (χ2v) is 8.37. The molecule has 2 amide bonds. The van der Waals surface area contributed by atoms with Gasteiger partial charge in [-0.15, -0.1) is 0 Å². The first-order valence-corrected chi connectivity index (χ1v) is 11.6. The Morgan fingerprint density at radius 2 is 1.88 bits per heavy atom. The molecule has 3 rings (SSSR count). The number of benzene rings is 2. The summed E-state index contributed by atoms with van der Waals surface area (Å²) in [6.07, 6.45) is -0.498. The third kappa shape index (κ3) is 5.42. The first kappa shape index (κ1) is 24.9. The Labute approximate surface area is 198 Å². The molecule has 0 aliphatic carbocycles. The summed E-state index contributed by atoms with van der Waals surface area (Å²) in [5, 5.41) is 15.0. The molecule has 0 saturated carbocycles. The van der Waals surface area contributed by atoms with Gasteiger partial charge >= 0.3 is 5.97 Å². The molecule has 1 aliphatic rings. The number of carbonyl (C=O) groups is 3. The normalized spacial score (nSPS) is 19.7. The number of hydrogen-bond acceptors (Lipinski definition) is 7. The molecule has 1 fully saturated rings. The molecule has 2 N–H and O–H groups in total. The van der Waals surface area contributed by atoms with Crippen LogP contribution in [0, 0.1) is 0 Å². The number of amides is 2. The minimum absolute atomic E-state index is 0.0616. The number of ether oxygens (including phenoxy) is 2. The molecule has 8 nitrogen and oxygen atoms in total. The fourth-order valence-electron chi connectivity index (χ4n) is 4.05. The Hall–Kier alpha value is -2.78. The van der Waals surface area contributed by atoms with Crippen LogP contribution in [0.25, 0.3) is 10.8 Å². The molecule has 9 heteroatoms. The van der Waals surface area contributed by atoms with Gasteiger partial charge in [-0.3, -0.25) is 9.59 Å². The van der Waals surface area contributed by atoms with Gasteiger partial charge < -0.3 is 24.8 Å². The van der Waals surface area contributed by atoms with Gasteiger partial charge in [0, 0.05) is 5.75 Å². The lowest BCUT2D eigenvalue weighted by Crippen LogP contribution is -2.54. The Morgan fingerprint density at radius 1 is 1.18 bits per heavy atom. The summed E-state index contributed by atoms with van der Waals surface area (Å²) in [6.45, 7) is 3.61. The number of fused-ring (bicyclic) bond motifs is 1. The van der Waals surface area contributed by atoms with Gasteiger partial charge in [-0.25, -0.2) is 4.79 Å². The fraction of sp³-hybridized carbons (Fsp3) is 0.458. The number of nitrogens with one attached hydrogen (secondary N) is 1. The summed E-state index contributed by atoms with van der Waals surface area (Å²) in [5.74, 6) is -1.22. The summed E-state index contributed by atoms with van der Waals surface area (Å²) >= 11 is 4.11. The quantitative estimate of drug-likeness (QED) is 0.400. The number of aliphatic hydroxyl groups excluding tert-OH is 1. The number of thiol groups is 1. The van der Waals surface area contributed by atoms with Gasteiger partial charge in [0.25, 0.3) is 0 Å². The largest absolute Gasteiger partial charge is 0.497 e. The Morgan fingerprint density at radius 3 is 2.55 bits per heavy atom. The number of carbonyl (C=O) groups excluding carboxylic acids is 3. The van der Waals surface area contributed by atoms with Gasteiger partial charge in [0.15, 0.2) is 0 Å². The molecular formula is C24H30N2O6S. The van der Waals surface area contributed by atoms with Crippen LogP contribution in [0.2, 0.25) is 0 Å². The van der Waals surface area contributed by atoms with Gasteiger partial charge in [0.05, 0.1) is 19.6 Å². The van der Waals surface area contributed by atoms with E-state index >= 15 is 0 Å². The number of esters is 1. The third-order valence-electron chi connectivity index (χ3n) is 5.92. The van der Waals surface area contributed by atoms with E-state index in [2.05, 4.69) is 17.9 Å². The van der Waals surface area contributed by atoms with Crippen LogP contribution < -0.4 is 10.1 Å². The predicted molar refractivity (Wildman–Crippen MR) is 127 cm³/mol. The highest BCUT2D eigenvalue weighted by atomic mass is 32.1. The molecule has 2 aromatic carbocycles. The van der Waals surface area contributed by atoms with Gasteiger partial charge in [-0.05, 0) is 55.2 Å². The van der Waals surface area contributed by atoms with Crippen molar-refractivity contribution in [3.8, 4) is 5.75 Å². The fourth-order valence-corrected chi connectivity index (χ4v) is 4.29. The zero-order valence-electron chi connectivity index (χ0n) is 19.0. The van der Waals surface area contributed by atoms with E-state index in [0.29, 0.717) is 6.42 Å². The molecule has 0 aromatic heterocycles. The summed E-state index contributed by atoms with van der Waals surface area (Å²) < 4.78 is 10.2. The van der Waals surface area contributed by atoms with E-state index in [1.165, 1.54) is 4.90 Å². The van der Waals surface area contributed by atoms with Crippen LogP contribution in [0.3, 0.4) is 0 Å². The molecule has 4 atom stereocenters. The summed E-state index contributed by atoms with van der Waals surface area (Å²) in [5.41, 5.74) is 0.774. The average Bonchev–Trinajstić information content (AvgIpc) is 3.22. The van der Waals surface area contributed by atoms with Crippen molar-refractivity contribution in [1.29, 1.82) is 0 Å². The Balaban J connectivity index is 1.78. The number of hydrogen-bond donors (Lipinski definition) is 3. The van der Waals surface area contributed by atoms with Crippen molar-refractivity contribution < 1.29 is 29.0 Å². The number of methoxy groups -OCH3 is 1. The van der Waals surface area contributed by atoms with Crippen LogP contribution in [0.1, 0.15) is 38.2 Å². The van der Waals surface area contributed by atoms with Crippen LogP contribution in [-0.2, 0) is 19.1 Å². The number of aliphatic hydroxyl groups is 1. The van der Waals surface area contributed by atoms with Crippen molar-refractivity contribution in [1.82, 2.24) is 10.2 Å². The van der Waals surface area contributed by atoms with Crippen molar-refractivity contribution in [2.75, 3.05) is 19.5 Å². The number of nitrogens with zero attached hydrogens (tertiary/aromatic N) is 1. The standard InChI is InChI=1S/C24H30N2O6S/c1-4-32-24(30)19(13-33)25-22(28)20-9-10-21(27)26(20)23(29)14(2)15-5-6-17-12-18(31-3)8-7-16(17)11-15/h5-8,11-12,14,19-21,27,33H,4,9-10,13H2,1-3H3,(H,25,28). The second-order valence-electron chi connectivity index (χ2n) is 8.01. The zero-order chi connectivity index (χ0) is 24.1. The third-order valence-corrected chi connectivity index (χ3v) is 6.29. The lowest BCUT2D eigenvalue weighted by Gasteiger charge is -2.30. The highest BCUT2D eigenvalue weighted by molar-refractivity contribution is 7.80. The molecule has 0 spiro atoms. The Bertz CT molecular complexity index is 1030. The van der Waals surface area contributed by atoms with E-state index in [-0.39, 0.29) is 24.7 Å². The minimum atomic E-state index is -1.07. The number of likely N-dealkylation sites (tertiary alicyclic amines) is 1. The van der Waals surface area contributed by atoms with Gasteiger partial charge in [-0.1, -0.05) is 24.3 Å². The van der Waals surface area contributed by atoms with Gasteiger partial charge in [-0.2, -0.15) is 12.6 Å². The lowest BCUT2D eigenvalue weighted by molar-refractivity contribution is -0.150. The maximum atomic E-state index is 13.4. The van der Waals surface area contributed by atoms with E-state index in [1.807, 2.05) is 36.4 Å². The molecular weight excluding hydrogens is 444 g/mol. The van der Waals surface area contributed by atoms with Gasteiger partial charge in [0.2, 0.25) is 11.8 Å². The van der Waals surface area contributed by atoms with Crippen molar-refractivity contribution >= 4 is 41.2 Å². The first-order chi connectivity index (χ1) is 15.8. The molecule has 0 radical (unpaired) electrons. The van der Waals surface area contributed by atoms with Crippen molar-refractivity contribution in [2.45, 2.75) is 50.9 Å². The maximum Gasteiger partial charge on any atom is 0.329 e. The van der Waals surface area contributed by atoms with Crippen LogP contribution in [0.4, 0.5) is 0 Å². The van der Waals surface area contributed by atoms with E-state index in [9.17, 15) is 19.5 Å². The van der Waals surface area contributed by atoms with E-state index in [0.717, 1.165) is 22.1 Å². The molecule has 1 heterocycles. The van der Waals surface area contributed by atoms with E-state index in [1.54, 1.807) is 21.0 Å². The van der Waals surface area contributed by atoms with E-state index in [4.69, 9.17) is 9.47 Å². The highest BCUT2D eigenvalue weighted by Crippen LogP contribution is 2.30. The summed E-state index contributed by atoms with van der Waals surface area (Å²) in [7, 11) is 1.61. The van der Waals surface area contributed by atoms with Crippen molar-refractivity contribution in [3.05, 3.63) is 42.0 Å². The van der Waals surface area contributed by atoms with E-state index < -0.39 is 36.1 Å². The minimum Gasteiger partial charge on any atom is -0.497 e. The number of rotatable bonds is 8. The smallest absolute Gasteiger partial charge is 0.329 e. The molecule has 1 saturated heterocycles. The molecule has 1 aliphatic heterocycles. The summed E-state index contributed by atoms with van der Waals surface area (Å²) in [6, 6.07) is 9.58. The SMILES string of the molecule is CCOC(=O)C(CS)NC(=O)C1CCC(O)N1C(=O)C(C)c1ccc2cc(OC)ccc2c1. The highest BCUT2D eigenvalue weighted by Gasteiger charge is 2.42. The molecule has 0 bridgehead atoms. The monoisotopic (exact) mass is 474 g/mol. The molecule has 2 aromatic rings. The van der Waals surface area contributed by atoms with Crippen molar-refractivity contribution in [2.24, 2.45) is 0 Å². The van der Waals surface area contributed by atoms with Gasteiger partial charge in [0.1, 0.15) is 24.1 Å². The topological polar surface area (TPSA) is 105 Å². The summed E-state index contributed by atoms with van der Waals surface area (Å²) in [4.78, 5) is 39.5. The molecule has 33 heavy (non-hydrogen) atoms. The van der Waals surface area contributed by atoms with Crippen LogP contribution in [0.5, 0.6) is 5.75 Å². The zero-order valence-corrected chi connectivity index (χ0v) is 19.9. The first-order valence-electron chi connectivity index (χ1n) is 11.0. The maximum absolute atomic E-state index is 13.4. The van der Waals surface area contributed by atoms with Crippen LogP contribution in [-0.4, -0.2) is 65.6 Å². The van der Waals surface area contributed by atoms with Crippen LogP contribution in [0.15, 0.2) is 36.4 Å². The lowest BCUT2D eigenvalue weighted by atomic mass is 9.96. The molecule has 178 valence electrons.